The van der Waals surface area contributed by atoms with Crippen molar-refractivity contribution in [2.75, 3.05) is 7.11 Å². The van der Waals surface area contributed by atoms with Crippen molar-refractivity contribution in [2.45, 2.75) is 17.9 Å². The van der Waals surface area contributed by atoms with Gasteiger partial charge in [-0.05, 0) is 42.0 Å². The molecule has 4 rings (SSSR count). The predicted octanol–water partition coefficient (Wildman–Crippen LogP) is 5.46. The molecule has 0 bridgehead atoms. The highest BCUT2D eigenvalue weighted by Crippen LogP contribution is 2.29. The van der Waals surface area contributed by atoms with E-state index in [1.807, 2.05) is 29.8 Å². The first-order valence-electron chi connectivity index (χ1n) is 8.35. The van der Waals surface area contributed by atoms with Crippen LogP contribution in [0.1, 0.15) is 16.3 Å². The van der Waals surface area contributed by atoms with Crippen molar-refractivity contribution in [3.63, 3.8) is 0 Å². The predicted molar refractivity (Wildman–Crippen MR) is 106 cm³/mol. The molecule has 0 saturated heterocycles. The lowest BCUT2D eigenvalue weighted by molar-refractivity contribution is -0.160. The lowest BCUT2D eigenvalue weighted by Gasteiger charge is -2.11. The normalized spacial score (nSPS) is 11.3. The lowest BCUT2D eigenvalue weighted by atomic mass is 10.2. The third-order valence-electron chi connectivity index (χ3n) is 4.23. The molecule has 138 valence electrons. The molecule has 2 aromatic carbocycles. The molecule has 0 aliphatic heterocycles. The number of thiazole rings is 1. The SMILES string of the molecule is COOSc1ccc2c(c1)cc(Cc1nccs1)n2Cc1ccc(F)cc1. The number of fused-ring (bicyclic) bond motifs is 1. The fourth-order valence-electron chi connectivity index (χ4n) is 3.03. The Morgan fingerprint density at radius 2 is 2.00 bits per heavy atom. The van der Waals surface area contributed by atoms with Crippen LogP contribution in [0.2, 0.25) is 0 Å². The van der Waals surface area contributed by atoms with Gasteiger partial charge in [0.2, 0.25) is 0 Å². The molecule has 2 heterocycles. The molecule has 0 radical (unpaired) electrons. The number of hydrogen-bond acceptors (Lipinski definition) is 5. The Morgan fingerprint density at radius 1 is 1.15 bits per heavy atom. The average Bonchev–Trinajstić information content (AvgIpc) is 3.30. The van der Waals surface area contributed by atoms with Gasteiger partial charge in [0.1, 0.15) is 5.82 Å². The minimum absolute atomic E-state index is 0.223. The Kier molecular flexibility index (Phi) is 5.54. The summed E-state index contributed by atoms with van der Waals surface area (Å²) in [4.78, 5) is 10.0. The zero-order valence-electron chi connectivity index (χ0n) is 14.6. The highest BCUT2D eigenvalue weighted by Gasteiger charge is 2.12. The van der Waals surface area contributed by atoms with Gasteiger partial charge in [-0.3, -0.25) is 0 Å². The van der Waals surface area contributed by atoms with E-state index in [1.54, 1.807) is 11.3 Å². The Labute approximate surface area is 164 Å². The first-order chi connectivity index (χ1) is 13.2. The second-order valence-corrected chi connectivity index (χ2v) is 7.74. The molecule has 0 atom stereocenters. The Bertz CT molecular complexity index is 1030. The average molecular weight is 401 g/mol. The number of hydrogen-bond donors (Lipinski definition) is 0. The zero-order valence-corrected chi connectivity index (χ0v) is 16.2. The van der Waals surface area contributed by atoms with Crippen molar-refractivity contribution in [1.29, 1.82) is 0 Å². The van der Waals surface area contributed by atoms with E-state index < -0.39 is 0 Å². The number of rotatable bonds is 7. The van der Waals surface area contributed by atoms with E-state index in [9.17, 15) is 4.39 Å². The molecule has 0 N–H and O–H groups in total. The molecule has 0 unspecified atom stereocenters. The van der Waals surface area contributed by atoms with Crippen molar-refractivity contribution in [3.8, 4) is 0 Å². The summed E-state index contributed by atoms with van der Waals surface area (Å²) in [7, 11) is 1.48. The van der Waals surface area contributed by atoms with E-state index in [-0.39, 0.29) is 5.82 Å². The van der Waals surface area contributed by atoms with E-state index in [2.05, 4.69) is 32.6 Å². The number of nitrogens with zero attached hydrogens (tertiary/aromatic N) is 2. The molecule has 0 fully saturated rings. The van der Waals surface area contributed by atoms with Crippen molar-refractivity contribution in [3.05, 3.63) is 82.2 Å². The first-order valence-corrected chi connectivity index (χ1v) is 9.97. The van der Waals surface area contributed by atoms with Crippen LogP contribution in [0, 0.1) is 5.82 Å². The molecule has 27 heavy (non-hydrogen) atoms. The monoisotopic (exact) mass is 400 g/mol. The molecule has 7 heteroatoms. The van der Waals surface area contributed by atoms with E-state index in [4.69, 9.17) is 4.33 Å². The van der Waals surface area contributed by atoms with Crippen LogP contribution in [0.5, 0.6) is 0 Å². The lowest BCUT2D eigenvalue weighted by Crippen LogP contribution is -2.05. The maximum atomic E-state index is 13.3. The highest BCUT2D eigenvalue weighted by atomic mass is 32.2. The van der Waals surface area contributed by atoms with Gasteiger partial charge in [0.15, 0.2) is 0 Å². The topological polar surface area (TPSA) is 36.3 Å². The van der Waals surface area contributed by atoms with Crippen LogP contribution in [0.3, 0.4) is 0 Å². The van der Waals surface area contributed by atoms with Crippen LogP contribution < -0.4 is 0 Å². The van der Waals surface area contributed by atoms with Gasteiger partial charge in [-0.2, -0.15) is 4.33 Å². The quantitative estimate of drug-likeness (QED) is 0.234. The van der Waals surface area contributed by atoms with Crippen molar-refractivity contribution < 1.29 is 13.6 Å². The molecule has 0 saturated carbocycles. The molecular weight excluding hydrogens is 383 g/mol. The van der Waals surface area contributed by atoms with Crippen LogP contribution in [0.25, 0.3) is 10.9 Å². The number of benzene rings is 2. The maximum absolute atomic E-state index is 13.3. The van der Waals surface area contributed by atoms with Gasteiger partial charge in [-0.25, -0.2) is 14.3 Å². The Balaban J connectivity index is 1.73. The number of halogens is 1. The smallest absolute Gasteiger partial charge is 0.123 e. The van der Waals surface area contributed by atoms with Crippen molar-refractivity contribution in [1.82, 2.24) is 9.55 Å². The minimum Gasteiger partial charge on any atom is -0.340 e. The van der Waals surface area contributed by atoms with Gasteiger partial charge in [-0.1, -0.05) is 12.1 Å². The molecule has 0 aliphatic carbocycles. The fourth-order valence-corrected chi connectivity index (χ4v) is 4.11. The van der Waals surface area contributed by atoms with Gasteiger partial charge < -0.3 is 4.57 Å². The maximum Gasteiger partial charge on any atom is 0.123 e. The van der Waals surface area contributed by atoms with Crippen molar-refractivity contribution >= 4 is 34.3 Å². The van der Waals surface area contributed by atoms with E-state index in [1.165, 1.54) is 37.0 Å². The summed E-state index contributed by atoms with van der Waals surface area (Å²) in [5.41, 5.74) is 3.34. The summed E-state index contributed by atoms with van der Waals surface area (Å²) >= 11 is 2.82. The minimum atomic E-state index is -0.223. The third-order valence-corrected chi connectivity index (χ3v) is 5.66. The van der Waals surface area contributed by atoms with E-state index in [0.717, 1.165) is 32.8 Å². The van der Waals surface area contributed by atoms with Crippen LogP contribution in [-0.2, 0) is 22.2 Å². The largest absolute Gasteiger partial charge is 0.340 e. The summed E-state index contributed by atoms with van der Waals surface area (Å²) in [6, 6.07) is 15.0. The third kappa shape index (κ3) is 4.22. The summed E-state index contributed by atoms with van der Waals surface area (Å²) < 4.78 is 20.5. The summed E-state index contributed by atoms with van der Waals surface area (Å²) in [5, 5.41) is 4.17. The summed E-state index contributed by atoms with van der Waals surface area (Å²) in [6.07, 6.45) is 2.58. The fraction of sp³-hybridized carbons (Fsp3) is 0.150. The van der Waals surface area contributed by atoms with Crippen LogP contribution in [0.15, 0.2) is 65.0 Å². The summed E-state index contributed by atoms with van der Waals surface area (Å²) in [6.45, 7) is 0.672. The van der Waals surface area contributed by atoms with Gasteiger partial charge in [-0.15, -0.1) is 11.3 Å². The molecular formula is C20H17FN2O2S2. The second-order valence-electron chi connectivity index (χ2n) is 5.99. The summed E-state index contributed by atoms with van der Waals surface area (Å²) in [5.74, 6) is -0.223. The second kappa shape index (κ2) is 8.22. The Morgan fingerprint density at radius 3 is 2.74 bits per heavy atom. The molecule has 0 amide bonds. The standard InChI is InChI=1S/C20H17FN2O2S2/c1-24-25-27-18-6-7-19-15(11-18)10-17(12-20-22-8-9-26-20)23(19)13-14-2-4-16(21)5-3-14/h2-11H,12-13H2,1H3. The van der Waals surface area contributed by atoms with E-state index in [0.29, 0.717) is 6.54 Å². The van der Waals surface area contributed by atoms with Gasteiger partial charge in [0.25, 0.3) is 0 Å². The molecule has 4 aromatic rings. The van der Waals surface area contributed by atoms with Gasteiger partial charge in [0, 0.05) is 46.0 Å². The van der Waals surface area contributed by atoms with Crippen molar-refractivity contribution in [2.24, 2.45) is 0 Å². The molecule has 2 aromatic heterocycles. The molecule has 0 aliphatic rings. The highest BCUT2D eigenvalue weighted by molar-refractivity contribution is 7.94. The number of aromatic nitrogens is 2. The Hall–Kier alpha value is -2.19. The van der Waals surface area contributed by atoms with Crippen LogP contribution in [0.4, 0.5) is 4.39 Å². The van der Waals surface area contributed by atoms with Gasteiger partial charge >= 0.3 is 0 Å². The van der Waals surface area contributed by atoms with E-state index >= 15 is 0 Å². The van der Waals surface area contributed by atoms with Crippen LogP contribution in [-0.4, -0.2) is 16.7 Å². The van der Waals surface area contributed by atoms with Gasteiger partial charge in [0.05, 0.1) is 24.2 Å². The van der Waals surface area contributed by atoms with Crippen LogP contribution >= 0.6 is 23.4 Å². The molecule has 0 spiro atoms. The zero-order chi connectivity index (χ0) is 18.6. The molecule has 4 nitrogen and oxygen atoms in total. The first kappa shape index (κ1) is 18.2.